The Morgan fingerprint density at radius 2 is 1.88 bits per heavy atom. The number of nitrogens with two attached hydrogens (primary N) is 1. The van der Waals surface area contributed by atoms with Crippen molar-refractivity contribution in [3.63, 3.8) is 0 Å². The maximum atomic E-state index is 11.9. The lowest BCUT2D eigenvalue weighted by molar-refractivity contribution is -0.724. The quantitative estimate of drug-likeness (QED) is 0.255. The number of para-hydroxylation sites is 1. The molecule has 8 nitrogen and oxygen atoms in total. The van der Waals surface area contributed by atoms with Crippen molar-refractivity contribution in [2.24, 2.45) is 5.73 Å². The van der Waals surface area contributed by atoms with Gasteiger partial charge in [0.15, 0.2) is 0 Å². The first-order chi connectivity index (χ1) is 11.5. The summed E-state index contributed by atoms with van der Waals surface area (Å²) in [5, 5.41) is 12.9. The molecule has 24 heavy (non-hydrogen) atoms. The molecule has 2 aromatic rings. The molecule has 8 heteroatoms. The molecule has 0 fully saturated rings. The number of hydrogen-bond acceptors (Lipinski definition) is 5. The predicted octanol–water partition coefficient (Wildman–Crippen LogP) is 0.0902. The smallest absolute Gasteiger partial charge is 0.361 e. The number of amidine groups is 1. The summed E-state index contributed by atoms with van der Waals surface area (Å²) in [6.07, 6.45) is 0.00452. The van der Waals surface area contributed by atoms with Crippen molar-refractivity contribution >= 4 is 17.5 Å². The number of nitro benzene ring substituents is 1. The number of methoxy groups -OCH3 is 1. The van der Waals surface area contributed by atoms with E-state index in [4.69, 9.17) is 15.3 Å². The number of non-ortho nitro benzene ring substituents is 1. The Bertz CT molecular complexity index is 772. The number of hydrogen-bond donors (Lipinski definition) is 2. The van der Waals surface area contributed by atoms with E-state index in [1.165, 1.54) is 31.4 Å². The number of ether oxygens (including phenoxy) is 1. The number of nitrogens with zero attached hydrogens (tertiary/aromatic N) is 1. The van der Waals surface area contributed by atoms with Gasteiger partial charge < -0.3 is 4.74 Å². The zero-order valence-corrected chi connectivity index (χ0v) is 12.9. The van der Waals surface area contributed by atoms with Gasteiger partial charge in [-0.05, 0) is 18.2 Å². The van der Waals surface area contributed by atoms with Crippen LogP contribution in [0, 0.1) is 10.1 Å². The number of rotatable bonds is 6. The monoisotopic (exact) mass is 330 g/mol. The van der Waals surface area contributed by atoms with Crippen molar-refractivity contribution in [2.45, 2.75) is 6.42 Å². The molecule has 0 bridgehead atoms. The van der Waals surface area contributed by atoms with Crippen molar-refractivity contribution in [1.29, 1.82) is 0 Å². The number of benzene rings is 2. The standard InChI is InChI=1S/C16H15N3O5/c1-23-14-5-3-2-4-12(14)10-15(20)24-18-16(17)11-6-8-13(9-7-11)19(21)22/h2-9H,10H2,1H3,(H2,17,18)/p+1. The predicted molar refractivity (Wildman–Crippen MR) is 85.1 cm³/mol. The van der Waals surface area contributed by atoms with Crippen molar-refractivity contribution in [3.05, 3.63) is 69.8 Å². The van der Waals surface area contributed by atoms with Gasteiger partial charge in [0, 0.05) is 17.7 Å². The Morgan fingerprint density at radius 1 is 1.21 bits per heavy atom. The number of carbonyl (C=O) groups excluding carboxylic acids is 1. The zero-order chi connectivity index (χ0) is 17.5. The average molecular weight is 330 g/mol. The first-order valence-corrected chi connectivity index (χ1v) is 6.96. The van der Waals surface area contributed by atoms with Gasteiger partial charge in [0.05, 0.1) is 24.0 Å². The molecule has 2 rings (SSSR count). The van der Waals surface area contributed by atoms with Crippen molar-refractivity contribution in [1.82, 2.24) is 0 Å². The van der Waals surface area contributed by atoms with Gasteiger partial charge >= 0.3 is 11.8 Å². The van der Waals surface area contributed by atoms with Crippen LogP contribution in [-0.4, -0.2) is 23.8 Å². The molecule has 0 saturated heterocycles. The second-order valence-electron chi connectivity index (χ2n) is 4.78. The third-order valence-corrected chi connectivity index (χ3v) is 3.19. The average Bonchev–Trinajstić information content (AvgIpc) is 2.60. The molecule has 0 radical (unpaired) electrons. The van der Waals surface area contributed by atoms with E-state index in [1.54, 1.807) is 24.3 Å². The highest BCUT2D eigenvalue weighted by Gasteiger charge is 2.13. The van der Waals surface area contributed by atoms with Crippen molar-refractivity contribution in [2.75, 3.05) is 7.11 Å². The molecule has 124 valence electrons. The van der Waals surface area contributed by atoms with E-state index in [9.17, 15) is 14.9 Å². The number of carbonyl (C=O) groups is 1. The van der Waals surface area contributed by atoms with Crippen LogP contribution in [-0.2, 0) is 16.1 Å². The van der Waals surface area contributed by atoms with Gasteiger partial charge in [0.1, 0.15) is 5.75 Å². The van der Waals surface area contributed by atoms with Crippen LogP contribution in [0.25, 0.3) is 0 Å². The highest BCUT2D eigenvalue weighted by Crippen LogP contribution is 2.17. The Hall–Kier alpha value is -3.42. The van der Waals surface area contributed by atoms with E-state index in [2.05, 4.69) is 5.16 Å². The van der Waals surface area contributed by atoms with Gasteiger partial charge in [0.25, 0.3) is 5.69 Å². The maximum Gasteiger partial charge on any atom is 0.361 e. The highest BCUT2D eigenvalue weighted by molar-refractivity contribution is 5.93. The lowest BCUT2D eigenvalue weighted by Crippen LogP contribution is -2.75. The van der Waals surface area contributed by atoms with Gasteiger partial charge in [-0.15, -0.1) is 0 Å². The van der Waals surface area contributed by atoms with Gasteiger partial charge in [0.2, 0.25) is 0 Å². The third-order valence-electron chi connectivity index (χ3n) is 3.19. The summed E-state index contributed by atoms with van der Waals surface area (Å²) in [4.78, 5) is 26.8. The van der Waals surface area contributed by atoms with Crippen LogP contribution in [0.2, 0.25) is 0 Å². The maximum absolute atomic E-state index is 11.9. The van der Waals surface area contributed by atoms with E-state index in [1.807, 2.05) is 0 Å². The van der Waals surface area contributed by atoms with Crippen LogP contribution < -0.4 is 15.6 Å². The third kappa shape index (κ3) is 4.29. The van der Waals surface area contributed by atoms with Gasteiger partial charge in [-0.3, -0.25) is 20.7 Å². The largest absolute Gasteiger partial charge is 0.496 e. The molecule has 0 aliphatic heterocycles. The molecular weight excluding hydrogens is 314 g/mol. The second kappa shape index (κ2) is 7.73. The van der Waals surface area contributed by atoms with Crippen LogP contribution in [0.15, 0.2) is 48.5 Å². The van der Waals surface area contributed by atoms with Crippen LogP contribution in [0.5, 0.6) is 5.75 Å². The molecule has 0 unspecified atom stereocenters. The first kappa shape index (κ1) is 16.9. The summed E-state index contributed by atoms with van der Waals surface area (Å²) < 4.78 is 5.16. The van der Waals surface area contributed by atoms with E-state index in [0.717, 1.165) is 0 Å². The molecular formula is C16H16N3O5+. The molecule has 0 atom stereocenters. The molecule has 0 spiro atoms. The Labute approximate surface area is 137 Å². The van der Waals surface area contributed by atoms with Gasteiger partial charge in [-0.2, -0.15) is 0 Å². The lowest BCUT2D eigenvalue weighted by Gasteiger charge is -2.05. The molecule has 0 aromatic heterocycles. The number of nitrogen functional groups attached to an aromatic ring is 1. The number of nitro groups is 1. The van der Waals surface area contributed by atoms with Crippen molar-refractivity contribution < 1.29 is 24.4 Å². The normalized spacial score (nSPS) is 11.0. The lowest BCUT2D eigenvalue weighted by atomic mass is 10.1. The van der Waals surface area contributed by atoms with E-state index in [0.29, 0.717) is 16.9 Å². The molecule has 0 amide bonds. The Balaban J connectivity index is 2.01. The summed E-state index contributed by atoms with van der Waals surface area (Å²) in [7, 11) is 1.52. The highest BCUT2D eigenvalue weighted by atomic mass is 16.7. The molecule has 3 N–H and O–H groups in total. The fourth-order valence-corrected chi connectivity index (χ4v) is 1.97. The molecule has 2 aromatic carbocycles. The van der Waals surface area contributed by atoms with Crippen LogP contribution in [0.3, 0.4) is 0 Å². The van der Waals surface area contributed by atoms with E-state index >= 15 is 0 Å². The second-order valence-corrected chi connectivity index (χ2v) is 4.78. The Kier molecular flexibility index (Phi) is 5.45. The van der Waals surface area contributed by atoms with Crippen molar-refractivity contribution in [3.8, 4) is 5.75 Å². The van der Waals surface area contributed by atoms with Crippen LogP contribution in [0.1, 0.15) is 11.1 Å². The van der Waals surface area contributed by atoms with Gasteiger partial charge in [-0.1, -0.05) is 23.4 Å². The Morgan fingerprint density at radius 3 is 2.50 bits per heavy atom. The molecule has 0 heterocycles. The van der Waals surface area contributed by atoms with E-state index in [-0.39, 0.29) is 17.9 Å². The minimum atomic E-state index is -0.552. The molecule has 0 saturated carbocycles. The fraction of sp³-hybridized carbons (Fsp3) is 0.125. The summed E-state index contributed by atoms with van der Waals surface area (Å²) in [5.41, 5.74) is 6.84. The summed E-state index contributed by atoms with van der Waals surface area (Å²) in [6, 6.07) is 12.6. The zero-order valence-electron chi connectivity index (χ0n) is 12.9. The van der Waals surface area contributed by atoms with E-state index < -0.39 is 10.9 Å². The minimum Gasteiger partial charge on any atom is -0.496 e. The van der Waals surface area contributed by atoms with Gasteiger partial charge in [-0.25, -0.2) is 4.79 Å². The van der Waals surface area contributed by atoms with Crippen LogP contribution in [0.4, 0.5) is 5.69 Å². The summed E-state index contributed by atoms with van der Waals surface area (Å²) in [6.45, 7) is 0. The SMILES string of the molecule is COc1ccccc1CC(=O)O[NH+]=C(N)c1ccc([N+](=O)[O-])cc1. The molecule has 0 aliphatic carbocycles. The fourth-order valence-electron chi connectivity index (χ4n) is 1.97. The summed E-state index contributed by atoms with van der Waals surface area (Å²) in [5.74, 6) is 0.101. The number of nitrogens with one attached hydrogen (secondary N) is 1. The minimum absolute atomic E-state index is 0.00452. The summed E-state index contributed by atoms with van der Waals surface area (Å²) >= 11 is 0. The first-order valence-electron chi connectivity index (χ1n) is 6.96. The topological polar surface area (TPSA) is 119 Å². The van der Waals surface area contributed by atoms with Crippen LogP contribution >= 0.6 is 0 Å². The molecule has 0 aliphatic rings.